The zero-order chi connectivity index (χ0) is 17.9. The molecule has 0 atom stereocenters. The molecule has 2 aromatic carbocycles. The molecule has 2 N–H and O–H groups in total. The van der Waals surface area contributed by atoms with Crippen molar-refractivity contribution in [3.05, 3.63) is 60.6 Å². The summed E-state index contributed by atoms with van der Waals surface area (Å²) < 4.78 is 10.7. The van der Waals surface area contributed by atoms with Gasteiger partial charge in [0.05, 0.1) is 12.1 Å². The van der Waals surface area contributed by atoms with Crippen LogP contribution in [0, 0.1) is 0 Å². The first-order valence-electron chi connectivity index (χ1n) is 8.29. The first-order chi connectivity index (χ1) is 12.7. The average molecular weight is 346 g/mol. The number of nitrogens with zero attached hydrogens (tertiary/aromatic N) is 3. The molecule has 1 aliphatic rings. The number of methoxy groups -OCH3 is 1. The highest BCUT2D eigenvalue weighted by Crippen LogP contribution is 2.28. The van der Waals surface area contributed by atoms with Crippen LogP contribution in [-0.2, 0) is 4.74 Å². The van der Waals surface area contributed by atoms with Gasteiger partial charge in [-0.25, -0.2) is 9.97 Å². The number of allylic oxidation sites excluding steroid dienone is 1. The van der Waals surface area contributed by atoms with Crippen molar-refractivity contribution < 1.29 is 9.47 Å². The fourth-order valence-corrected chi connectivity index (χ4v) is 2.74. The fourth-order valence-electron chi connectivity index (χ4n) is 2.74. The lowest BCUT2D eigenvalue weighted by atomic mass is 10.0. The summed E-state index contributed by atoms with van der Waals surface area (Å²) in [6.45, 7) is 1.07. The number of benzene rings is 2. The summed E-state index contributed by atoms with van der Waals surface area (Å²) in [4.78, 5) is 13.0. The Labute approximate surface area is 151 Å². The molecule has 0 aliphatic carbocycles. The van der Waals surface area contributed by atoms with E-state index in [1.54, 1.807) is 13.3 Å². The summed E-state index contributed by atoms with van der Waals surface area (Å²) in [7, 11) is 1.65. The van der Waals surface area contributed by atoms with Crippen LogP contribution in [0.4, 0.5) is 5.82 Å². The van der Waals surface area contributed by atoms with Crippen molar-refractivity contribution in [3.8, 4) is 16.9 Å². The van der Waals surface area contributed by atoms with E-state index in [-0.39, 0.29) is 0 Å². The minimum atomic E-state index is 0.447. The van der Waals surface area contributed by atoms with Crippen LogP contribution in [0.1, 0.15) is 5.82 Å². The van der Waals surface area contributed by atoms with Crippen molar-refractivity contribution in [3.63, 3.8) is 0 Å². The molecule has 2 heterocycles. The van der Waals surface area contributed by atoms with E-state index in [0.717, 1.165) is 33.5 Å². The Hall–Kier alpha value is -3.25. The number of aromatic nitrogens is 2. The maximum absolute atomic E-state index is 6.16. The van der Waals surface area contributed by atoms with Gasteiger partial charge in [-0.3, -0.25) is 4.99 Å². The summed E-state index contributed by atoms with van der Waals surface area (Å²) in [6.07, 6.45) is 3.58. The molecule has 0 saturated carbocycles. The summed E-state index contributed by atoms with van der Waals surface area (Å²) in [5.74, 6) is 1.80. The van der Waals surface area contributed by atoms with Gasteiger partial charge in [-0.1, -0.05) is 18.2 Å². The number of fused-ring (bicyclic) bond motifs is 1. The van der Waals surface area contributed by atoms with Gasteiger partial charge in [0, 0.05) is 18.7 Å². The largest absolute Gasteiger partial charge is 0.491 e. The van der Waals surface area contributed by atoms with Crippen LogP contribution in [0.5, 0.6) is 5.75 Å². The van der Waals surface area contributed by atoms with Crippen molar-refractivity contribution in [2.24, 2.45) is 4.99 Å². The number of hydrogen-bond donors (Lipinski definition) is 1. The average Bonchev–Trinajstić information content (AvgIpc) is 2.61. The number of ether oxygens (including phenoxy) is 2. The minimum Gasteiger partial charge on any atom is -0.491 e. The highest BCUT2D eigenvalue weighted by atomic mass is 16.5. The lowest BCUT2D eigenvalue weighted by molar-refractivity contribution is 0.146. The van der Waals surface area contributed by atoms with Gasteiger partial charge in [0.25, 0.3) is 0 Å². The molecule has 0 spiro atoms. The highest BCUT2D eigenvalue weighted by Gasteiger charge is 2.12. The van der Waals surface area contributed by atoms with E-state index in [9.17, 15) is 0 Å². The number of nitrogens with two attached hydrogens (primary N) is 1. The Balaban J connectivity index is 1.67. The van der Waals surface area contributed by atoms with E-state index in [1.807, 2.05) is 48.5 Å². The topological polar surface area (TPSA) is 82.6 Å². The first kappa shape index (κ1) is 16.2. The first-order valence-corrected chi connectivity index (χ1v) is 8.29. The third-order valence-electron chi connectivity index (χ3n) is 4.12. The van der Waals surface area contributed by atoms with Gasteiger partial charge >= 0.3 is 0 Å². The quantitative estimate of drug-likeness (QED) is 0.693. The van der Waals surface area contributed by atoms with Crippen molar-refractivity contribution in [2.75, 3.05) is 26.1 Å². The van der Waals surface area contributed by atoms with Crippen molar-refractivity contribution in [1.29, 1.82) is 0 Å². The van der Waals surface area contributed by atoms with Crippen molar-refractivity contribution >= 4 is 22.4 Å². The molecule has 0 radical (unpaired) electrons. The van der Waals surface area contributed by atoms with Crippen LogP contribution in [-0.4, -0.2) is 36.0 Å². The van der Waals surface area contributed by atoms with Crippen molar-refractivity contribution in [2.45, 2.75) is 0 Å². The molecule has 1 aliphatic heterocycles. The Morgan fingerprint density at radius 2 is 1.85 bits per heavy atom. The predicted octanol–water partition coefficient (Wildman–Crippen LogP) is 3.22. The smallest absolute Gasteiger partial charge is 0.180 e. The van der Waals surface area contributed by atoms with E-state index in [0.29, 0.717) is 24.9 Å². The third kappa shape index (κ3) is 3.14. The van der Waals surface area contributed by atoms with Crippen LogP contribution in [0.15, 0.2) is 59.7 Å². The SMILES string of the molecule is COCCOc1cccc(-c2ccc3nc(C4=NC=C4)nc(N)c3c2)c1. The molecule has 26 heavy (non-hydrogen) atoms. The van der Waals surface area contributed by atoms with E-state index in [2.05, 4.69) is 15.0 Å². The second kappa shape index (κ2) is 6.93. The second-order valence-electron chi connectivity index (χ2n) is 5.86. The molecule has 1 aromatic heterocycles. The van der Waals surface area contributed by atoms with Gasteiger partial charge in [0.2, 0.25) is 0 Å². The highest BCUT2D eigenvalue weighted by molar-refractivity contribution is 6.11. The molecule has 0 fully saturated rings. The summed E-state index contributed by atoms with van der Waals surface area (Å²) in [5.41, 5.74) is 9.78. The maximum Gasteiger partial charge on any atom is 0.180 e. The summed E-state index contributed by atoms with van der Waals surface area (Å²) in [6, 6.07) is 13.9. The number of nitrogen functional groups attached to an aromatic ring is 1. The Morgan fingerprint density at radius 3 is 2.62 bits per heavy atom. The van der Waals surface area contributed by atoms with Crippen LogP contribution in [0.3, 0.4) is 0 Å². The van der Waals surface area contributed by atoms with Crippen LogP contribution >= 0.6 is 0 Å². The van der Waals surface area contributed by atoms with Gasteiger partial charge in [-0.2, -0.15) is 0 Å². The monoisotopic (exact) mass is 346 g/mol. The van der Waals surface area contributed by atoms with Gasteiger partial charge < -0.3 is 15.2 Å². The molecule has 0 amide bonds. The van der Waals surface area contributed by atoms with Crippen molar-refractivity contribution in [1.82, 2.24) is 9.97 Å². The van der Waals surface area contributed by atoms with Crippen LogP contribution in [0.2, 0.25) is 0 Å². The third-order valence-corrected chi connectivity index (χ3v) is 4.12. The Bertz CT molecular complexity index is 1030. The molecular weight excluding hydrogens is 328 g/mol. The van der Waals surface area contributed by atoms with E-state index < -0.39 is 0 Å². The molecule has 130 valence electrons. The molecule has 0 bridgehead atoms. The summed E-state index contributed by atoms with van der Waals surface area (Å²) >= 11 is 0. The lowest BCUT2D eigenvalue weighted by Gasteiger charge is -2.10. The molecule has 4 rings (SSSR count). The number of hydrogen-bond acceptors (Lipinski definition) is 6. The Kier molecular flexibility index (Phi) is 4.33. The molecular formula is C20H18N4O2. The molecule has 0 saturated heterocycles. The number of anilines is 1. The molecule has 0 unspecified atom stereocenters. The van der Waals surface area contributed by atoms with E-state index in [1.165, 1.54) is 0 Å². The molecule has 6 nitrogen and oxygen atoms in total. The molecule has 3 aromatic rings. The molecule has 6 heteroatoms. The van der Waals surface area contributed by atoms with E-state index >= 15 is 0 Å². The zero-order valence-electron chi connectivity index (χ0n) is 14.3. The number of rotatable bonds is 6. The summed E-state index contributed by atoms with van der Waals surface area (Å²) in [5, 5.41) is 0.820. The zero-order valence-corrected chi connectivity index (χ0v) is 14.3. The standard InChI is InChI=1S/C20H18N4O2/c1-25-9-10-26-15-4-2-3-13(11-15)14-5-6-17-16(12-14)19(21)24-20(23-17)18-7-8-22-18/h2-8,11-12H,9-10H2,1H3,(H2,21,23,24). The second-order valence-corrected chi connectivity index (χ2v) is 5.86. The minimum absolute atomic E-state index is 0.447. The maximum atomic E-state index is 6.16. The lowest BCUT2D eigenvalue weighted by Crippen LogP contribution is -2.10. The van der Waals surface area contributed by atoms with Gasteiger partial charge in [-0.05, 0) is 41.5 Å². The number of aliphatic imine (C=N–C) groups is 1. The predicted molar refractivity (Wildman–Crippen MR) is 102 cm³/mol. The Morgan fingerprint density at radius 1 is 1.00 bits per heavy atom. The van der Waals surface area contributed by atoms with E-state index in [4.69, 9.17) is 15.2 Å². The normalized spacial score (nSPS) is 12.7. The fraction of sp³-hybridized carbons (Fsp3) is 0.150. The van der Waals surface area contributed by atoms with Gasteiger partial charge in [-0.15, -0.1) is 0 Å². The van der Waals surface area contributed by atoms with Crippen LogP contribution < -0.4 is 10.5 Å². The van der Waals surface area contributed by atoms with Gasteiger partial charge in [0.1, 0.15) is 23.9 Å². The van der Waals surface area contributed by atoms with Gasteiger partial charge in [0.15, 0.2) is 5.82 Å². The van der Waals surface area contributed by atoms with Crippen LogP contribution in [0.25, 0.3) is 22.0 Å².